The number of esters is 1. The van der Waals surface area contributed by atoms with E-state index in [1.54, 1.807) is 25.3 Å². The van der Waals surface area contributed by atoms with Crippen molar-refractivity contribution in [1.29, 1.82) is 0 Å². The van der Waals surface area contributed by atoms with Gasteiger partial charge in [-0.2, -0.15) is 0 Å². The molecule has 1 aromatic rings. The van der Waals surface area contributed by atoms with Crippen LogP contribution in [0, 0.1) is 0 Å². The van der Waals surface area contributed by atoms with E-state index in [0.29, 0.717) is 5.69 Å². The Labute approximate surface area is 86.1 Å². The molecule has 0 bridgehead atoms. The van der Waals surface area contributed by atoms with Crippen molar-refractivity contribution in [1.82, 2.24) is 4.98 Å². The largest absolute Gasteiger partial charge is 0.511 e. The standard InChI is InChI=1S/C9H11NO5/c1-2-13-9(12)15-6-14-8(11)7-4-3-5-10-7/h3-5,10H,2,6H2,1H3. The fraction of sp³-hybridized carbons (Fsp3) is 0.333. The first-order valence-electron chi connectivity index (χ1n) is 4.34. The maximum absolute atomic E-state index is 11.2. The van der Waals surface area contributed by atoms with Gasteiger partial charge in [-0.05, 0) is 19.1 Å². The summed E-state index contributed by atoms with van der Waals surface area (Å²) in [6.45, 7) is 1.40. The van der Waals surface area contributed by atoms with E-state index in [0.717, 1.165) is 0 Å². The molecule has 0 fully saturated rings. The Balaban J connectivity index is 2.21. The zero-order valence-corrected chi connectivity index (χ0v) is 8.19. The summed E-state index contributed by atoms with van der Waals surface area (Å²) < 4.78 is 13.5. The molecule has 1 heterocycles. The first-order valence-corrected chi connectivity index (χ1v) is 4.34. The van der Waals surface area contributed by atoms with Crippen molar-refractivity contribution in [2.75, 3.05) is 13.4 Å². The Bertz CT molecular complexity index is 319. The molecule has 0 radical (unpaired) electrons. The topological polar surface area (TPSA) is 77.6 Å². The van der Waals surface area contributed by atoms with Gasteiger partial charge in [0.2, 0.25) is 6.79 Å². The minimum Gasteiger partial charge on any atom is -0.435 e. The molecule has 0 unspecified atom stereocenters. The number of nitrogens with one attached hydrogen (secondary N) is 1. The van der Waals surface area contributed by atoms with Gasteiger partial charge in [-0.25, -0.2) is 9.59 Å². The lowest BCUT2D eigenvalue weighted by Crippen LogP contribution is -2.14. The van der Waals surface area contributed by atoms with Crippen LogP contribution in [0.5, 0.6) is 0 Å². The molecule has 82 valence electrons. The van der Waals surface area contributed by atoms with Crippen LogP contribution in [0.25, 0.3) is 0 Å². The van der Waals surface area contributed by atoms with Gasteiger partial charge in [0.1, 0.15) is 5.69 Å². The molecule has 0 saturated heterocycles. The number of carbonyl (C=O) groups is 2. The molecule has 0 spiro atoms. The summed E-state index contributed by atoms with van der Waals surface area (Å²) in [6, 6.07) is 3.20. The minimum absolute atomic E-state index is 0.212. The molecule has 1 N–H and O–H groups in total. The second-order valence-corrected chi connectivity index (χ2v) is 2.46. The number of aromatic amines is 1. The second-order valence-electron chi connectivity index (χ2n) is 2.46. The summed E-state index contributed by atoms with van der Waals surface area (Å²) in [6.07, 6.45) is 0.722. The van der Waals surface area contributed by atoms with Gasteiger partial charge in [-0.3, -0.25) is 0 Å². The normalized spacial score (nSPS) is 9.40. The molecular formula is C9H11NO5. The lowest BCUT2D eigenvalue weighted by molar-refractivity contribution is -0.0265. The number of rotatable bonds is 4. The predicted octanol–water partition coefficient (Wildman–Crippen LogP) is 1.30. The molecule has 0 aliphatic rings. The van der Waals surface area contributed by atoms with Crippen molar-refractivity contribution in [3.63, 3.8) is 0 Å². The van der Waals surface area contributed by atoms with Crippen LogP contribution in [0.3, 0.4) is 0 Å². The fourth-order valence-corrected chi connectivity index (χ4v) is 0.826. The third-order valence-electron chi connectivity index (χ3n) is 1.45. The van der Waals surface area contributed by atoms with Crippen molar-refractivity contribution in [3.05, 3.63) is 24.0 Å². The van der Waals surface area contributed by atoms with Gasteiger partial charge in [0.15, 0.2) is 0 Å². The fourth-order valence-electron chi connectivity index (χ4n) is 0.826. The van der Waals surface area contributed by atoms with E-state index in [-0.39, 0.29) is 6.61 Å². The number of H-pyrrole nitrogens is 1. The molecular weight excluding hydrogens is 202 g/mol. The van der Waals surface area contributed by atoms with Gasteiger partial charge >= 0.3 is 12.1 Å². The summed E-state index contributed by atoms with van der Waals surface area (Å²) in [7, 11) is 0. The summed E-state index contributed by atoms with van der Waals surface area (Å²) in [5.41, 5.74) is 0.294. The number of ether oxygens (including phenoxy) is 3. The first kappa shape index (κ1) is 11.1. The van der Waals surface area contributed by atoms with Gasteiger partial charge in [0.05, 0.1) is 6.61 Å². The van der Waals surface area contributed by atoms with Crippen molar-refractivity contribution in [3.8, 4) is 0 Å². The highest BCUT2D eigenvalue weighted by Crippen LogP contribution is 1.97. The molecule has 0 aromatic carbocycles. The first-order chi connectivity index (χ1) is 7.24. The molecule has 1 aromatic heterocycles. The molecule has 0 saturated carbocycles. The highest BCUT2D eigenvalue weighted by molar-refractivity contribution is 5.87. The lowest BCUT2D eigenvalue weighted by Gasteiger charge is -2.04. The molecule has 6 heteroatoms. The third kappa shape index (κ3) is 3.72. The average Bonchev–Trinajstić information content (AvgIpc) is 2.70. The van der Waals surface area contributed by atoms with Crippen molar-refractivity contribution < 1.29 is 23.8 Å². The number of hydrogen-bond acceptors (Lipinski definition) is 5. The summed E-state index contributed by atoms with van der Waals surface area (Å²) in [5.74, 6) is -0.593. The van der Waals surface area contributed by atoms with Crippen LogP contribution in [-0.4, -0.2) is 30.5 Å². The third-order valence-corrected chi connectivity index (χ3v) is 1.45. The predicted molar refractivity (Wildman–Crippen MR) is 49.2 cm³/mol. The number of carbonyl (C=O) groups excluding carboxylic acids is 2. The Morgan fingerprint density at radius 2 is 2.13 bits per heavy atom. The highest BCUT2D eigenvalue weighted by atomic mass is 16.8. The van der Waals surface area contributed by atoms with Gasteiger partial charge in [-0.15, -0.1) is 0 Å². The molecule has 0 aliphatic heterocycles. The molecule has 0 aliphatic carbocycles. The van der Waals surface area contributed by atoms with E-state index in [2.05, 4.69) is 19.2 Å². The van der Waals surface area contributed by atoms with Crippen LogP contribution in [0.2, 0.25) is 0 Å². The van der Waals surface area contributed by atoms with Crippen LogP contribution in [0.1, 0.15) is 17.4 Å². The smallest absolute Gasteiger partial charge is 0.435 e. The van der Waals surface area contributed by atoms with Gasteiger partial charge < -0.3 is 19.2 Å². The summed E-state index contributed by atoms with van der Waals surface area (Å²) >= 11 is 0. The summed E-state index contributed by atoms with van der Waals surface area (Å²) in [5, 5.41) is 0. The Morgan fingerprint density at radius 1 is 1.33 bits per heavy atom. The molecule has 0 atom stereocenters. The van der Waals surface area contributed by atoms with Crippen LogP contribution >= 0.6 is 0 Å². The lowest BCUT2D eigenvalue weighted by atomic mass is 10.4. The van der Waals surface area contributed by atoms with E-state index in [9.17, 15) is 9.59 Å². The van der Waals surface area contributed by atoms with E-state index >= 15 is 0 Å². The van der Waals surface area contributed by atoms with Crippen LogP contribution in [0.4, 0.5) is 4.79 Å². The SMILES string of the molecule is CCOC(=O)OCOC(=O)c1ccc[nH]1. The van der Waals surface area contributed by atoms with Crippen LogP contribution in [0.15, 0.2) is 18.3 Å². The van der Waals surface area contributed by atoms with E-state index in [4.69, 9.17) is 0 Å². The number of hydrogen-bond donors (Lipinski definition) is 1. The Kier molecular flexibility index (Phi) is 4.21. The average molecular weight is 213 g/mol. The highest BCUT2D eigenvalue weighted by Gasteiger charge is 2.08. The van der Waals surface area contributed by atoms with Gasteiger partial charge in [0.25, 0.3) is 0 Å². The van der Waals surface area contributed by atoms with Crippen LogP contribution < -0.4 is 0 Å². The maximum Gasteiger partial charge on any atom is 0.511 e. The van der Waals surface area contributed by atoms with E-state index in [1.165, 1.54) is 0 Å². The van der Waals surface area contributed by atoms with Gasteiger partial charge in [-0.1, -0.05) is 0 Å². The maximum atomic E-state index is 11.2. The van der Waals surface area contributed by atoms with E-state index < -0.39 is 18.9 Å². The Hall–Kier alpha value is -1.98. The van der Waals surface area contributed by atoms with Gasteiger partial charge in [0, 0.05) is 6.20 Å². The molecule has 6 nitrogen and oxygen atoms in total. The minimum atomic E-state index is -0.864. The van der Waals surface area contributed by atoms with Crippen molar-refractivity contribution in [2.45, 2.75) is 6.92 Å². The molecule has 15 heavy (non-hydrogen) atoms. The van der Waals surface area contributed by atoms with Crippen molar-refractivity contribution in [2.24, 2.45) is 0 Å². The zero-order chi connectivity index (χ0) is 11.1. The zero-order valence-electron chi connectivity index (χ0n) is 8.19. The second kappa shape index (κ2) is 5.69. The molecule has 0 amide bonds. The quantitative estimate of drug-likeness (QED) is 0.602. The van der Waals surface area contributed by atoms with E-state index in [1.807, 2.05) is 0 Å². The number of aromatic nitrogens is 1. The van der Waals surface area contributed by atoms with Crippen molar-refractivity contribution >= 4 is 12.1 Å². The Morgan fingerprint density at radius 3 is 2.73 bits per heavy atom. The summed E-state index contributed by atoms with van der Waals surface area (Å²) in [4.78, 5) is 24.5. The van der Waals surface area contributed by atoms with Crippen LogP contribution in [-0.2, 0) is 14.2 Å². The molecule has 1 rings (SSSR count). The monoisotopic (exact) mass is 213 g/mol.